The Morgan fingerprint density at radius 1 is 1.06 bits per heavy atom. The highest BCUT2D eigenvalue weighted by Gasteiger charge is 2.21. The van der Waals surface area contributed by atoms with E-state index >= 15 is 0 Å². The molecule has 0 unspecified atom stereocenters. The molecule has 1 amide bonds. The summed E-state index contributed by atoms with van der Waals surface area (Å²) in [6.45, 7) is 4.19. The molecular formula is C22H25N3O6S. The van der Waals surface area contributed by atoms with Gasteiger partial charge in [0, 0.05) is 13.1 Å². The lowest BCUT2D eigenvalue weighted by Gasteiger charge is -2.20. The minimum Gasteiger partial charge on any atom is -0.494 e. The smallest absolute Gasteiger partial charge is 0.264 e. The number of hydrogen-bond donors (Lipinski definition) is 1. The number of nitrogens with one attached hydrogen (secondary N) is 1. The fourth-order valence-electron chi connectivity index (χ4n) is 2.81. The van der Waals surface area contributed by atoms with Crippen molar-refractivity contribution in [3.05, 3.63) is 66.1 Å². The molecule has 0 aliphatic heterocycles. The fraction of sp³-hybridized carbons (Fsp3) is 0.273. The second kappa shape index (κ2) is 10.2. The molecule has 0 spiro atoms. The summed E-state index contributed by atoms with van der Waals surface area (Å²) in [6, 6.07) is 14.4. The van der Waals surface area contributed by atoms with Gasteiger partial charge in [0.2, 0.25) is 0 Å². The zero-order valence-electron chi connectivity index (χ0n) is 18.1. The Labute approximate surface area is 187 Å². The van der Waals surface area contributed by atoms with Crippen LogP contribution in [0, 0.1) is 6.92 Å². The molecule has 1 heterocycles. The molecule has 0 saturated carbocycles. The van der Waals surface area contributed by atoms with Crippen LogP contribution in [0.5, 0.6) is 11.5 Å². The van der Waals surface area contributed by atoms with Crippen molar-refractivity contribution in [2.45, 2.75) is 25.3 Å². The molecule has 3 aromatic rings. The Hall–Kier alpha value is -3.53. The maximum atomic E-state index is 12.9. The number of ether oxygens (including phenoxy) is 2. The average molecular weight is 460 g/mol. The lowest BCUT2D eigenvalue weighted by Crippen LogP contribution is -2.28. The number of anilines is 1. The van der Waals surface area contributed by atoms with Gasteiger partial charge in [-0.1, -0.05) is 5.16 Å². The summed E-state index contributed by atoms with van der Waals surface area (Å²) in [4.78, 5) is 12.1. The molecule has 3 rings (SSSR count). The van der Waals surface area contributed by atoms with Gasteiger partial charge >= 0.3 is 0 Å². The van der Waals surface area contributed by atoms with Crippen LogP contribution in [0.15, 0.2) is 64.0 Å². The number of hydrogen-bond acceptors (Lipinski definition) is 7. The van der Waals surface area contributed by atoms with Crippen molar-refractivity contribution in [3.63, 3.8) is 0 Å². The number of rotatable bonds is 10. The van der Waals surface area contributed by atoms with Crippen molar-refractivity contribution < 1.29 is 27.2 Å². The van der Waals surface area contributed by atoms with Gasteiger partial charge in [0.25, 0.3) is 15.9 Å². The van der Waals surface area contributed by atoms with E-state index in [0.29, 0.717) is 29.6 Å². The van der Waals surface area contributed by atoms with Crippen LogP contribution in [-0.2, 0) is 21.4 Å². The van der Waals surface area contributed by atoms with Gasteiger partial charge < -0.3 is 19.3 Å². The lowest BCUT2D eigenvalue weighted by molar-refractivity contribution is -0.123. The van der Waals surface area contributed by atoms with Gasteiger partial charge in [0.1, 0.15) is 11.5 Å². The van der Waals surface area contributed by atoms with E-state index in [1.165, 1.54) is 23.5 Å². The average Bonchev–Trinajstić information content (AvgIpc) is 3.22. The standard InChI is InChI=1S/C22H25N3O6S/c1-4-29-18-9-11-21(12-10-18)32(27,28)25(3)17-5-7-19(8-6-17)30-15-22(26)23-14-20-13-16(2)24-31-20/h5-13H,4,14-15H2,1-3H3,(H,23,26). The predicted molar refractivity (Wildman–Crippen MR) is 118 cm³/mol. The van der Waals surface area contributed by atoms with Crippen LogP contribution in [0.25, 0.3) is 0 Å². The van der Waals surface area contributed by atoms with Gasteiger partial charge in [-0.2, -0.15) is 0 Å². The second-order valence-corrected chi connectivity index (χ2v) is 8.84. The molecule has 0 aliphatic carbocycles. The SMILES string of the molecule is CCOc1ccc(S(=O)(=O)N(C)c2ccc(OCC(=O)NCc3cc(C)no3)cc2)cc1. The molecule has 0 fully saturated rings. The van der Waals surface area contributed by atoms with Gasteiger partial charge in [-0.25, -0.2) is 8.42 Å². The van der Waals surface area contributed by atoms with E-state index in [2.05, 4.69) is 10.5 Å². The minimum atomic E-state index is -3.74. The molecule has 0 atom stereocenters. The molecule has 0 saturated heterocycles. The second-order valence-electron chi connectivity index (χ2n) is 6.87. The molecule has 2 aromatic carbocycles. The van der Waals surface area contributed by atoms with E-state index in [-0.39, 0.29) is 24.0 Å². The third-order valence-electron chi connectivity index (χ3n) is 4.50. The fourth-order valence-corrected chi connectivity index (χ4v) is 4.00. The first-order valence-corrected chi connectivity index (χ1v) is 11.4. The van der Waals surface area contributed by atoms with E-state index in [0.717, 1.165) is 5.69 Å². The molecule has 32 heavy (non-hydrogen) atoms. The van der Waals surface area contributed by atoms with E-state index < -0.39 is 10.0 Å². The normalized spacial score (nSPS) is 11.1. The van der Waals surface area contributed by atoms with Crippen LogP contribution < -0.4 is 19.1 Å². The number of nitrogens with zero attached hydrogens (tertiary/aromatic N) is 2. The van der Waals surface area contributed by atoms with E-state index in [1.54, 1.807) is 49.4 Å². The van der Waals surface area contributed by atoms with Gasteiger partial charge in [0.15, 0.2) is 12.4 Å². The quantitative estimate of drug-likeness (QED) is 0.496. The van der Waals surface area contributed by atoms with Crippen molar-refractivity contribution in [2.75, 3.05) is 24.6 Å². The number of sulfonamides is 1. The lowest BCUT2D eigenvalue weighted by atomic mass is 10.3. The molecule has 0 radical (unpaired) electrons. The Kier molecular flexibility index (Phi) is 7.37. The first kappa shape index (κ1) is 23.1. The number of aromatic nitrogens is 1. The Balaban J connectivity index is 1.56. The summed E-state index contributed by atoms with van der Waals surface area (Å²) in [7, 11) is -2.26. The summed E-state index contributed by atoms with van der Waals surface area (Å²) in [5.41, 5.74) is 1.19. The van der Waals surface area contributed by atoms with Crippen LogP contribution in [0.2, 0.25) is 0 Å². The van der Waals surface area contributed by atoms with Gasteiger partial charge in [-0.15, -0.1) is 0 Å². The number of carbonyl (C=O) groups excluding carboxylic acids is 1. The highest BCUT2D eigenvalue weighted by molar-refractivity contribution is 7.92. The third-order valence-corrected chi connectivity index (χ3v) is 6.30. The van der Waals surface area contributed by atoms with Crippen LogP contribution in [-0.4, -0.2) is 39.7 Å². The van der Waals surface area contributed by atoms with Crippen LogP contribution in [0.4, 0.5) is 5.69 Å². The number of aryl methyl sites for hydroxylation is 1. The number of carbonyl (C=O) groups is 1. The summed E-state index contributed by atoms with van der Waals surface area (Å²) in [6.07, 6.45) is 0. The third kappa shape index (κ3) is 5.79. The van der Waals surface area contributed by atoms with Crippen molar-refractivity contribution in [2.24, 2.45) is 0 Å². The molecule has 1 N–H and O–H groups in total. The zero-order chi connectivity index (χ0) is 23.1. The highest BCUT2D eigenvalue weighted by atomic mass is 32.2. The Bertz CT molecular complexity index is 1140. The van der Waals surface area contributed by atoms with Gasteiger partial charge in [0.05, 0.1) is 29.4 Å². The van der Waals surface area contributed by atoms with Crippen molar-refractivity contribution in [1.82, 2.24) is 10.5 Å². The topological polar surface area (TPSA) is 111 Å². The van der Waals surface area contributed by atoms with E-state index in [9.17, 15) is 13.2 Å². The maximum absolute atomic E-state index is 12.9. The zero-order valence-corrected chi connectivity index (χ0v) is 18.9. The summed E-state index contributed by atoms with van der Waals surface area (Å²) < 4.78 is 42.8. The van der Waals surface area contributed by atoms with Crippen LogP contribution >= 0.6 is 0 Å². The van der Waals surface area contributed by atoms with Gasteiger partial charge in [-0.05, 0) is 62.4 Å². The first-order chi connectivity index (χ1) is 15.3. The summed E-state index contributed by atoms with van der Waals surface area (Å²) in [5, 5.41) is 6.42. The monoisotopic (exact) mass is 459 g/mol. The van der Waals surface area contributed by atoms with Crippen molar-refractivity contribution in [3.8, 4) is 11.5 Å². The van der Waals surface area contributed by atoms with Crippen molar-refractivity contribution >= 4 is 21.6 Å². The van der Waals surface area contributed by atoms with E-state index in [4.69, 9.17) is 14.0 Å². The summed E-state index contributed by atoms with van der Waals surface area (Å²) in [5.74, 6) is 1.28. The van der Waals surface area contributed by atoms with Crippen LogP contribution in [0.1, 0.15) is 18.4 Å². The largest absolute Gasteiger partial charge is 0.494 e. The molecule has 0 bridgehead atoms. The highest BCUT2D eigenvalue weighted by Crippen LogP contribution is 2.25. The minimum absolute atomic E-state index is 0.155. The Morgan fingerprint density at radius 2 is 1.69 bits per heavy atom. The number of benzene rings is 2. The molecule has 9 nitrogen and oxygen atoms in total. The first-order valence-electron chi connectivity index (χ1n) is 9.93. The Morgan fingerprint density at radius 3 is 2.28 bits per heavy atom. The van der Waals surface area contributed by atoms with Crippen LogP contribution in [0.3, 0.4) is 0 Å². The van der Waals surface area contributed by atoms with Gasteiger partial charge in [-0.3, -0.25) is 9.10 Å². The van der Waals surface area contributed by atoms with E-state index in [1.807, 2.05) is 6.92 Å². The molecule has 0 aliphatic rings. The molecule has 170 valence electrons. The molecular weight excluding hydrogens is 434 g/mol. The maximum Gasteiger partial charge on any atom is 0.264 e. The number of amides is 1. The van der Waals surface area contributed by atoms with Crippen molar-refractivity contribution in [1.29, 1.82) is 0 Å². The summed E-state index contributed by atoms with van der Waals surface area (Å²) >= 11 is 0. The molecule has 10 heteroatoms. The molecule has 1 aromatic heterocycles. The predicted octanol–water partition coefficient (Wildman–Crippen LogP) is 2.90.